The molecule has 0 bridgehead atoms. The summed E-state index contributed by atoms with van der Waals surface area (Å²) >= 11 is 0. The molecule has 0 spiro atoms. The third-order valence-electron chi connectivity index (χ3n) is 1.82. The third-order valence-corrected chi connectivity index (χ3v) is 2.33. The minimum absolute atomic E-state index is 0.256. The van der Waals surface area contributed by atoms with Crippen molar-refractivity contribution in [1.29, 1.82) is 0 Å². The SMILES string of the molecule is Cc1ccc(C#CCN)cc1NS(N)(=O)=O. The maximum Gasteiger partial charge on any atom is 0.296 e. The predicted octanol–water partition coefficient (Wildman–Crippen LogP) is -0.0794. The van der Waals surface area contributed by atoms with Crippen LogP contribution >= 0.6 is 0 Å². The summed E-state index contributed by atoms with van der Waals surface area (Å²) in [4.78, 5) is 0. The molecule has 86 valence electrons. The summed E-state index contributed by atoms with van der Waals surface area (Å²) in [6, 6.07) is 5.16. The predicted molar refractivity (Wildman–Crippen MR) is 63.8 cm³/mol. The maximum atomic E-state index is 10.9. The molecule has 0 saturated carbocycles. The number of nitrogens with one attached hydrogen (secondary N) is 1. The number of hydrogen-bond donors (Lipinski definition) is 3. The van der Waals surface area contributed by atoms with Crippen molar-refractivity contribution < 1.29 is 8.42 Å². The van der Waals surface area contributed by atoms with Crippen molar-refractivity contribution >= 4 is 15.9 Å². The normalized spacial score (nSPS) is 10.4. The highest BCUT2D eigenvalue weighted by Gasteiger charge is 2.05. The molecule has 0 saturated heterocycles. The van der Waals surface area contributed by atoms with Gasteiger partial charge >= 0.3 is 0 Å². The molecule has 0 aliphatic heterocycles. The Morgan fingerprint density at radius 1 is 1.44 bits per heavy atom. The second-order valence-corrected chi connectivity index (χ2v) is 4.48. The summed E-state index contributed by atoms with van der Waals surface area (Å²) < 4.78 is 24.0. The summed E-state index contributed by atoms with van der Waals surface area (Å²) in [6.07, 6.45) is 0. The van der Waals surface area contributed by atoms with Gasteiger partial charge in [0.2, 0.25) is 0 Å². The van der Waals surface area contributed by atoms with Crippen molar-refractivity contribution in [2.45, 2.75) is 6.92 Å². The van der Waals surface area contributed by atoms with Crippen LogP contribution in [0.2, 0.25) is 0 Å². The van der Waals surface area contributed by atoms with Gasteiger partial charge in [-0.1, -0.05) is 17.9 Å². The molecule has 0 atom stereocenters. The van der Waals surface area contributed by atoms with Gasteiger partial charge in [-0.25, -0.2) is 5.14 Å². The van der Waals surface area contributed by atoms with Gasteiger partial charge in [0.1, 0.15) is 0 Å². The van der Waals surface area contributed by atoms with E-state index in [2.05, 4.69) is 16.6 Å². The first kappa shape index (κ1) is 12.5. The van der Waals surface area contributed by atoms with E-state index in [0.29, 0.717) is 11.3 Å². The van der Waals surface area contributed by atoms with Crippen molar-refractivity contribution in [1.82, 2.24) is 0 Å². The van der Waals surface area contributed by atoms with Crippen molar-refractivity contribution in [3.05, 3.63) is 29.3 Å². The average molecular weight is 239 g/mol. The molecule has 6 heteroatoms. The van der Waals surface area contributed by atoms with E-state index in [9.17, 15) is 8.42 Å². The number of aryl methyl sites for hydroxylation is 1. The monoisotopic (exact) mass is 239 g/mol. The molecule has 0 aliphatic carbocycles. The quantitative estimate of drug-likeness (QED) is 0.629. The summed E-state index contributed by atoms with van der Waals surface area (Å²) in [5.74, 6) is 5.49. The second-order valence-electron chi connectivity index (χ2n) is 3.18. The van der Waals surface area contributed by atoms with Crippen molar-refractivity contribution in [3.63, 3.8) is 0 Å². The van der Waals surface area contributed by atoms with E-state index in [4.69, 9.17) is 10.9 Å². The molecular weight excluding hydrogens is 226 g/mol. The zero-order valence-corrected chi connectivity index (χ0v) is 9.64. The number of rotatable bonds is 2. The van der Waals surface area contributed by atoms with Crippen LogP contribution in [0.15, 0.2) is 18.2 Å². The van der Waals surface area contributed by atoms with Crippen molar-refractivity contribution in [2.24, 2.45) is 10.9 Å². The molecule has 1 rings (SSSR count). The van der Waals surface area contributed by atoms with Crippen molar-refractivity contribution in [2.75, 3.05) is 11.3 Å². The van der Waals surface area contributed by atoms with Gasteiger partial charge in [-0.05, 0) is 24.6 Å². The van der Waals surface area contributed by atoms with Crippen LogP contribution in [-0.4, -0.2) is 15.0 Å². The summed E-state index contributed by atoms with van der Waals surface area (Å²) in [5, 5.41) is 4.89. The van der Waals surface area contributed by atoms with Crippen LogP contribution in [0.4, 0.5) is 5.69 Å². The fraction of sp³-hybridized carbons (Fsp3) is 0.200. The van der Waals surface area contributed by atoms with Crippen LogP contribution in [-0.2, 0) is 10.2 Å². The Kier molecular flexibility index (Phi) is 3.90. The molecule has 0 heterocycles. The van der Waals surface area contributed by atoms with Crippen LogP contribution in [0.5, 0.6) is 0 Å². The minimum atomic E-state index is -3.76. The summed E-state index contributed by atoms with van der Waals surface area (Å²) in [6.45, 7) is 2.03. The molecule has 1 aromatic rings. The Morgan fingerprint density at radius 2 is 2.12 bits per heavy atom. The molecule has 0 aromatic heterocycles. The van der Waals surface area contributed by atoms with E-state index in [1.165, 1.54) is 0 Å². The molecule has 0 amide bonds. The first-order valence-corrected chi connectivity index (χ1v) is 6.07. The van der Waals surface area contributed by atoms with Gasteiger partial charge in [-0.15, -0.1) is 0 Å². The Hall–Kier alpha value is -1.55. The number of anilines is 1. The largest absolute Gasteiger partial charge is 0.320 e. The molecule has 0 aliphatic rings. The summed E-state index contributed by atoms with van der Waals surface area (Å²) in [7, 11) is -3.76. The van der Waals surface area contributed by atoms with Crippen LogP contribution < -0.4 is 15.6 Å². The standard InChI is InChI=1S/C10H13N3O2S/c1-8-4-5-9(3-2-6-11)7-10(8)13-16(12,14)15/h4-5,7,13H,6,11H2,1H3,(H2,12,14,15). The van der Waals surface area contributed by atoms with Gasteiger partial charge in [-0.2, -0.15) is 8.42 Å². The van der Waals surface area contributed by atoms with Crippen LogP contribution in [0.25, 0.3) is 0 Å². The first-order valence-electron chi connectivity index (χ1n) is 4.52. The highest BCUT2D eigenvalue weighted by atomic mass is 32.2. The van der Waals surface area contributed by atoms with Crippen molar-refractivity contribution in [3.8, 4) is 11.8 Å². The van der Waals surface area contributed by atoms with Crippen LogP contribution in [0.3, 0.4) is 0 Å². The lowest BCUT2D eigenvalue weighted by molar-refractivity contribution is 0.603. The second kappa shape index (κ2) is 4.99. The van der Waals surface area contributed by atoms with Gasteiger partial charge in [0, 0.05) is 5.56 Å². The first-order chi connectivity index (χ1) is 7.42. The lowest BCUT2D eigenvalue weighted by Crippen LogP contribution is -2.22. The Balaban J connectivity index is 3.09. The number of benzene rings is 1. The van der Waals surface area contributed by atoms with E-state index in [0.717, 1.165) is 5.56 Å². The van der Waals surface area contributed by atoms with Gasteiger partial charge in [0.25, 0.3) is 10.2 Å². The third kappa shape index (κ3) is 3.90. The molecule has 0 fully saturated rings. The fourth-order valence-corrected chi connectivity index (χ4v) is 1.64. The smallest absolute Gasteiger partial charge is 0.296 e. The Morgan fingerprint density at radius 3 is 2.69 bits per heavy atom. The molecule has 5 nitrogen and oxygen atoms in total. The molecule has 1 aromatic carbocycles. The van der Waals surface area contributed by atoms with E-state index >= 15 is 0 Å². The molecule has 5 N–H and O–H groups in total. The van der Waals surface area contributed by atoms with Crippen LogP contribution in [0, 0.1) is 18.8 Å². The van der Waals surface area contributed by atoms with E-state index in [1.54, 1.807) is 25.1 Å². The minimum Gasteiger partial charge on any atom is -0.320 e. The fourth-order valence-electron chi connectivity index (χ4n) is 1.12. The van der Waals surface area contributed by atoms with Gasteiger partial charge in [0.15, 0.2) is 0 Å². The molecule has 0 unspecified atom stereocenters. The van der Waals surface area contributed by atoms with Gasteiger partial charge in [0.05, 0.1) is 12.2 Å². The highest BCUT2D eigenvalue weighted by molar-refractivity contribution is 7.90. The summed E-state index contributed by atoms with van der Waals surface area (Å²) in [5.41, 5.74) is 7.12. The topological polar surface area (TPSA) is 98.2 Å². The number of nitrogens with two attached hydrogens (primary N) is 2. The van der Waals surface area contributed by atoms with Gasteiger partial charge in [-0.3, -0.25) is 4.72 Å². The van der Waals surface area contributed by atoms with E-state index < -0.39 is 10.2 Å². The zero-order chi connectivity index (χ0) is 12.2. The number of hydrogen-bond acceptors (Lipinski definition) is 3. The Bertz CT molecular complexity index is 541. The average Bonchev–Trinajstić information content (AvgIpc) is 2.17. The van der Waals surface area contributed by atoms with Gasteiger partial charge < -0.3 is 5.73 Å². The molecular formula is C10H13N3O2S. The Labute approximate surface area is 95.0 Å². The highest BCUT2D eigenvalue weighted by Crippen LogP contribution is 2.16. The molecule has 0 radical (unpaired) electrons. The lowest BCUT2D eigenvalue weighted by atomic mass is 10.1. The maximum absolute atomic E-state index is 10.9. The van der Waals surface area contributed by atoms with E-state index in [1.807, 2.05) is 0 Å². The van der Waals surface area contributed by atoms with Crippen LogP contribution in [0.1, 0.15) is 11.1 Å². The van der Waals surface area contributed by atoms with E-state index in [-0.39, 0.29) is 6.54 Å². The lowest BCUT2D eigenvalue weighted by Gasteiger charge is -2.07. The molecule has 16 heavy (non-hydrogen) atoms. The zero-order valence-electron chi connectivity index (χ0n) is 8.82.